The molecule has 0 fully saturated rings. The van der Waals surface area contributed by atoms with Gasteiger partial charge >= 0.3 is 0 Å². The molecule has 0 aliphatic carbocycles. The lowest BCUT2D eigenvalue weighted by Crippen LogP contribution is -2.33. The summed E-state index contributed by atoms with van der Waals surface area (Å²) in [7, 11) is 1.63. The van der Waals surface area contributed by atoms with Gasteiger partial charge in [-0.15, -0.1) is 5.10 Å². The molecule has 7 heteroatoms. The fourth-order valence-corrected chi connectivity index (χ4v) is 2.59. The molecule has 0 saturated carbocycles. The third-order valence-electron chi connectivity index (χ3n) is 3.16. The number of hydrogen-bond donors (Lipinski definition) is 2. The number of H-pyrrole nitrogens is 1. The van der Waals surface area contributed by atoms with Crippen molar-refractivity contribution >= 4 is 17.7 Å². The summed E-state index contributed by atoms with van der Waals surface area (Å²) in [5, 5.41) is 10.3. The predicted molar refractivity (Wildman–Crippen MR) is 91.5 cm³/mol. The molecule has 1 aromatic heterocycles. The summed E-state index contributed by atoms with van der Waals surface area (Å²) in [5.41, 5.74) is 0.919. The Morgan fingerprint density at radius 1 is 1.30 bits per heavy atom. The van der Waals surface area contributed by atoms with Crippen LogP contribution in [-0.2, 0) is 4.79 Å². The van der Waals surface area contributed by atoms with Gasteiger partial charge in [0, 0.05) is 12.1 Å². The van der Waals surface area contributed by atoms with Crippen LogP contribution >= 0.6 is 11.8 Å². The normalized spacial score (nSPS) is 12.2. The number of carbonyl (C=O) groups is 1. The SMILES string of the molecule is COc1ccc(-c2nc(SC(C)C(=O)NCC(C)C)n[nH]2)cc1. The number of thioether (sulfide) groups is 1. The van der Waals surface area contributed by atoms with E-state index < -0.39 is 0 Å². The number of rotatable bonds is 7. The van der Waals surface area contributed by atoms with Crippen molar-refractivity contribution in [3.05, 3.63) is 24.3 Å². The molecule has 23 heavy (non-hydrogen) atoms. The summed E-state index contributed by atoms with van der Waals surface area (Å²) in [6.45, 7) is 6.65. The van der Waals surface area contributed by atoms with Crippen molar-refractivity contribution in [2.75, 3.05) is 13.7 Å². The van der Waals surface area contributed by atoms with Crippen molar-refractivity contribution in [1.29, 1.82) is 0 Å². The zero-order valence-electron chi connectivity index (χ0n) is 13.8. The maximum absolute atomic E-state index is 12.0. The van der Waals surface area contributed by atoms with Crippen LogP contribution in [0.4, 0.5) is 0 Å². The van der Waals surface area contributed by atoms with E-state index in [1.165, 1.54) is 11.8 Å². The molecule has 1 unspecified atom stereocenters. The van der Waals surface area contributed by atoms with Crippen LogP contribution in [0.15, 0.2) is 29.4 Å². The number of methoxy groups -OCH3 is 1. The van der Waals surface area contributed by atoms with Crippen molar-refractivity contribution in [3.63, 3.8) is 0 Å². The molecule has 0 radical (unpaired) electrons. The highest BCUT2D eigenvalue weighted by molar-refractivity contribution is 8.00. The van der Waals surface area contributed by atoms with Crippen molar-refractivity contribution in [3.8, 4) is 17.1 Å². The van der Waals surface area contributed by atoms with Gasteiger partial charge in [-0.2, -0.15) is 0 Å². The number of nitrogens with one attached hydrogen (secondary N) is 2. The second-order valence-electron chi connectivity index (χ2n) is 5.59. The number of hydrogen-bond acceptors (Lipinski definition) is 5. The monoisotopic (exact) mass is 334 g/mol. The smallest absolute Gasteiger partial charge is 0.233 e. The van der Waals surface area contributed by atoms with E-state index in [2.05, 4.69) is 34.3 Å². The summed E-state index contributed by atoms with van der Waals surface area (Å²) < 4.78 is 5.13. The van der Waals surface area contributed by atoms with Crippen LogP contribution < -0.4 is 10.1 Å². The Hall–Kier alpha value is -2.02. The third-order valence-corrected chi connectivity index (χ3v) is 4.13. The van der Waals surface area contributed by atoms with Crippen LogP contribution in [0.2, 0.25) is 0 Å². The highest BCUT2D eigenvalue weighted by atomic mass is 32.2. The molecule has 0 saturated heterocycles. The van der Waals surface area contributed by atoms with Crippen LogP contribution in [-0.4, -0.2) is 40.0 Å². The lowest BCUT2D eigenvalue weighted by atomic mass is 10.2. The Morgan fingerprint density at radius 3 is 2.61 bits per heavy atom. The van der Waals surface area contributed by atoms with E-state index in [4.69, 9.17) is 4.74 Å². The van der Waals surface area contributed by atoms with Crippen molar-refractivity contribution in [1.82, 2.24) is 20.5 Å². The predicted octanol–water partition coefficient (Wildman–Crippen LogP) is 2.73. The summed E-state index contributed by atoms with van der Waals surface area (Å²) in [4.78, 5) is 16.4. The standard InChI is InChI=1S/C16H22N4O2S/c1-10(2)9-17-15(21)11(3)23-16-18-14(19-20-16)12-5-7-13(22-4)8-6-12/h5-8,10-11H,9H2,1-4H3,(H,17,21)(H,18,19,20). The first kappa shape index (κ1) is 17.3. The Bertz CT molecular complexity index is 640. The quantitative estimate of drug-likeness (QED) is 0.761. The number of amides is 1. The molecular formula is C16H22N4O2S. The average Bonchev–Trinajstić information content (AvgIpc) is 3.01. The molecule has 2 aromatic rings. The minimum absolute atomic E-state index is 0.000465. The Morgan fingerprint density at radius 2 is 2.00 bits per heavy atom. The fourth-order valence-electron chi connectivity index (χ4n) is 1.84. The van der Waals surface area contributed by atoms with Gasteiger partial charge in [-0.3, -0.25) is 9.89 Å². The maximum Gasteiger partial charge on any atom is 0.233 e. The molecule has 0 spiro atoms. The number of aromatic nitrogens is 3. The van der Waals surface area contributed by atoms with E-state index in [9.17, 15) is 4.79 Å². The highest BCUT2D eigenvalue weighted by Crippen LogP contribution is 2.24. The number of aromatic amines is 1. The van der Waals surface area contributed by atoms with Crippen LogP contribution in [0.3, 0.4) is 0 Å². The summed E-state index contributed by atoms with van der Waals surface area (Å²) in [6, 6.07) is 7.55. The zero-order chi connectivity index (χ0) is 16.8. The van der Waals surface area contributed by atoms with Crippen LogP contribution in [0.1, 0.15) is 20.8 Å². The number of nitrogens with zero attached hydrogens (tertiary/aromatic N) is 2. The van der Waals surface area contributed by atoms with E-state index in [1.807, 2.05) is 31.2 Å². The van der Waals surface area contributed by atoms with Gasteiger partial charge in [0.2, 0.25) is 11.1 Å². The lowest BCUT2D eigenvalue weighted by molar-refractivity contribution is -0.120. The van der Waals surface area contributed by atoms with Crippen LogP contribution in [0, 0.1) is 5.92 Å². The van der Waals surface area contributed by atoms with Gasteiger partial charge in [-0.05, 0) is 37.1 Å². The van der Waals surface area contributed by atoms with Gasteiger partial charge in [0.25, 0.3) is 0 Å². The topological polar surface area (TPSA) is 79.9 Å². The van der Waals surface area contributed by atoms with E-state index in [0.29, 0.717) is 23.4 Å². The Labute approximate surface area is 140 Å². The minimum atomic E-state index is -0.242. The van der Waals surface area contributed by atoms with E-state index in [1.54, 1.807) is 7.11 Å². The van der Waals surface area contributed by atoms with Gasteiger partial charge in [0.15, 0.2) is 5.82 Å². The molecule has 1 aromatic carbocycles. The molecule has 0 bridgehead atoms. The molecule has 0 aliphatic rings. The average molecular weight is 334 g/mol. The molecule has 1 heterocycles. The van der Waals surface area contributed by atoms with E-state index in [-0.39, 0.29) is 11.2 Å². The molecule has 6 nitrogen and oxygen atoms in total. The molecule has 1 amide bonds. The van der Waals surface area contributed by atoms with Gasteiger partial charge in [-0.1, -0.05) is 25.6 Å². The largest absolute Gasteiger partial charge is 0.497 e. The number of ether oxygens (including phenoxy) is 1. The first-order valence-corrected chi connectivity index (χ1v) is 8.38. The van der Waals surface area contributed by atoms with Crippen molar-refractivity contribution < 1.29 is 9.53 Å². The first-order chi connectivity index (χ1) is 11.0. The Kier molecular flexibility index (Phi) is 6.04. The summed E-state index contributed by atoms with van der Waals surface area (Å²) >= 11 is 1.34. The van der Waals surface area contributed by atoms with Gasteiger partial charge in [0.1, 0.15) is 5.75 Å². The van der Waals surface area contributed by atoms with Crippen LogP contribution in [0.5, 0.6) is 5.75 Å². The number of carbonyl (C=O) groups excluding carboxylic acids is 1. The zero-order valence-corrected chi connectivity index (χ0v) is 14.6. The molecule has 2 N–H and O–H groups in total. The fraction of sp³-hybridized carbons (Fsp3) is 0.438. The molecule has 0 aliphatic heterocycles. The second kappa shape index (κ2) is 8.01. The van der Waals surface area contributed by atoms with Gasteiger partial charge < -0.3 is 10.1 Å². The van der Waals surface area contributed by atoms with Crippen molar-refractivity contribution in [2.45, 2.75) is 31.2 Å². The maximum atomic E-state index is 12.0. The van der Waals surface area contributed by atoms with E-state index in [0.717, 1.165) is 11.3 Å². The first-order valence-electron chi connectivity index (χ1n) is 7.50. The second-order valence-corrected chi connectivity index (χ2v) is 6.90. The van der Waals surface area contributed by atoms with Crippen molar-refractivity contribution in [2.24, 2.45) is 5.92 Å². The molecule has 1 atom stereocenters. The molecular weight excluding hydrogens is 312 g/mol. The minimum Gasteiger partial charge on any atom is -0.497 e. The summed E-state index contributed by atoms with van der Waals surface area (Å²) in [5.74, 6) is 1.89. The molecule has 2 rings (SSSR count). The van der Waals surface area contributed by atoms with Gasteiger partial charge in [0.05, 0.1) is 12.4 Å². The number of benzene rings is 1. The lowest BCUT2D eigenvalue weighted by Gasteiger charge is -2.11. The van der Waals surface area contributed by atoms with Gasteiger partial charge in [-0.25, -0.2) is 4.98 Å². The third kappa shape index (κ3) is 4.99. The van der Waals surface area contributed by atoms with E-state index >= 15 is 0 Å². The summed E-state index contributed by atoms with van der Waals surface area (Å²) in [6.07, 6.45) is 0. The highest BCUT2D eigenvalue weighted by Gasteiger charge is 2.17. The molecule has 124 valence electrons. The van der Waals surface area contributed by atoms with Crippen LogP contribution in [0.25, 0.3) is 11.4 Å². The Balaban J connectivity index is 1.97.